The molecule has 0 fully saturated rings. The molecule has 0 aliphatic heterocycles. The summed E-state index contributed by atoms with van der Waals surface area (Å²) < 4.78 is 2.94. The number of hydrogen-bond donors (Lipinski definition) is 1. The molecule has 0 aliphatic carbocycles. The van der Waals surface area contributed by atoms with Crippen molar-refractivity contribution in [3.63, 3.8) is 0 Å². The van der Waals surface area contributed by atoms with Crippen LogP contribution in [0.3, 0.4) is 0 Å². The smallest absolute Gasteiger partial charge is 0.213 e. The molecule has 4 rings (SSSR count). The molecule has 0 N–H and O–H groups in total. The lowest BCUT2D eigenvalue weighted by Crippen LogP contribution is -2.28. The minimum Gasteiger partial charge on any atom is -0.302 e. The van der Waals surface area contributed by atoms with Crippen LogP contribution in [0.4, 0.5) is 5.13 Å². The van der Waals surface area contributed by atoms with Crippen molar-refractivity contribution >= 4 is 57.9 Å². The Kier molecular flexibility index (Phi) is 7.29. The van der Waals surface area contributed by atoms with Crippen LogP contribution >= 0.6 is 48.4 Å². The number of thiocarbonyl (C=S) groups is 1. The minimum absolute atomic E-state index is 0.490. The fraction of sp³-hybridized carbons (Fsp3) is 0.125. The molecule has 1 heterocycles. The molecule has 3 aromatic carbocycles. The normalized spacial score (nSPS) is 10.7. The first-order valence-corrected chi connectivity index (χ1v) is 12.0. The highest BCUT2D eigenvalue weighted by Crippen LogP contribution is 2.24. The van der Waals surface area contributed by atoms with Gasteiger partial charge in [-0.05, 0) is 53.9 Å². The van der Waals surface area contributed by atoms with Gasteiger partial charge in [0.2, 0.25) is 5.13 Å². The molecular weight excluding hydrogens is 459 g/mol. The van der Waals surface area contributed by atoms with Gasteiger partial charge in [0.05, 0.1) is 5.69 Å². The second-order valence-electron chi connectivity index (χ2n) is 7.06. The summed E-state index contributed by atoms with van der Waals surface area (Å²) in [5.74, 6) is 0. The molecular formula is C24H21N3S4. The van der Waals surface area contributed by atoms with E-state index in [9.17, 15) is 0 Å². The standard InChI is InChI=1S/C24H21N3S4/c28-23(29)26(22-25-27(24(30)31-22)21-12-5-2-6-13-21)15-14-19-10-7-11-20(17-19)16-18-8-3-1-4-9-18/h1-13,17H,14-16H2,(H,28,29). The summed E-state index contributed by atoms with van der Waals surface area (Å²) in [4.78, 5) is 1.95. The van der Waals surface area contributed by atoms with Crippen molar-refractivity contribution in [1.82, 2.24) is 9.78 Å². The van der Waals surface area contributed by atoms with Crippen molar-refractivity contribution in [2.24, 2.45) is 0 Å². The number of nitrogens with zero attached hydrogens (tertiary/aromatic N) is 3. The average molecular weight is 480 g/mol. The van der Waals surface area contributed by atoms with Crippen molar-refractivity contribution in [2.75, 3.05) is 11.4 Å². The van der Waals surface area contributed by atoms with Crippen LogP contribution in [0.25, 0.3) is 5.69 Å². The Morgan fingerprint density at radius 2 is 1.55 bits per heavy atom. The van der Waals surface area contributed by atoms with Crippen LogP contribution in [0.5, 0.6) is 0 Å². The molecule has 0 atom stereocenters. The van der Waals surface area contributed by atoms with Gasteiger partial charge in [-0.3, -0.25) is 0 Å². The van der Waals surface area contributed by atoms with E-state index in [1.165, 1.54) is 28.0 Å². The number of rotatable bonds is 7. The first-order chi connectivity index (χ1) is 15.1. The number of para-hydroxylation sites is 1. The van der Waals surface area contributed by atoms with Gasteiger partial charge in [0.25, 0.3) is 0 Å². The largest absolute Gasteiger partial charge is 0.302 e. The zero-order valence-corrected chi connectivity index (χ0v) is 20.1. The number of thiol groups is 1. The highest BCUT2D eigenvalue weighted by molar-refractivity contribution is 8.11. The van der Waals surface area contributed by atoms with Crippen molar-refractivity contribution in [1.29, 1.82) is 0 Å². The Morgan fingerprint density at radius 3 is 2.26 bits per heavy atom. The van der Waals surface area contributed by atoms with Crippen LogP contribution in [0.15, 0.2) is 84.9 Å². The van der Waals surface area contributed by atoms with Gasteiger partial charge >= 0.3 is 0 Å². The molecule has 31 heavy (non-hydrogen) atoms. The zero-order chi connectivity index (χ0) is 21.6. The van der Waals surface area contributed by atoms with Gasteiger partial charge in [-0.2, -0.15) is 0 Å². The van der Waals surface area contributed by atoms with Gasteiger partial charge < -0.3 is 4.90 Å². The Hall–Kier alpha value is -2.32. The molecule has 7 heteroatoms. The van der Waals surface area contributed by atoms with Gasteiger partial charge in [-0.25, -0.2) is 4.68 Å². The quantitative estimate of drug-likeness (QED) is 0.241. The van der Waals surface area contributed by atoms with Gasteiger partial charge in [-0.1, -0.05) is 96.4 Å². The second-order valence-corrected chi connectivity index (χ2v) is 9.78. The Morgan fingerprint density at radius 1 is 0.903 bits per heavy atom. The van der Waals surface area contributed by atoms with Crippen LogP contribution < -0.4 is 4.90 Å². The Labute approximate surface area is 202 Å². The maximum Gasteiger partial charge on any atom is 0.213 e. The van der Waals surface area contributed by atoms with E-state index in [1.54, 1.807) is 4.68 Å². The summed E-state index contributed by atoms with van der Waals surface area (Å²) in [6, 6.07) is 29.1. The molecule has 0 radical (unpaired) electrons. The Bertz CT molecular complexity index is 1220. The highest BCUT2D eigenvalue weighted by atomic mass is 32.1. The average Bonchev–Trinajstić information content (AvgIpc) is 3.16. The third kappa shape index (κ3) is 5.68. The molecule has 1 aromatic heterocycles. The first kappa shape index (κ1) is 21.9. The van der Waals surface area contributed by atoms with Gasteiger partial charge in [-0.15, -0.1) is 17.7 Å². The predicted octanol–water partition coefficient (Wildman–Crippen LogP) is 6.52. The summed E-state index contributed by atoms with van der Waals surface area (Å²) in [6.45, 7) is 0.689. The van der Waals surface area contributed by atoms with Crippen molar-refractivity contribution < 1.29 is 0 Å². The number of anilines is 1. The molecule has 0 spiro atoms. The van der Waals surface area contributed by atoms with E-state index in [4.69, 9.17) is 29.5 Å². The molecule has 0 aliphatic rings. The van der Waals surface area contributed by atoms with E-state index in [0.717, 1.165) is 23.7 Å². The fourth-order valence-electron chi connectivity index (χ4n) is 3.35. The van der Waals surface area contributed by atoms with Crippen LogP contribution in [0.1, 0.15) is 16.7 Å². The highest BCUT2D eigenvalue weighted by Gasteiger charge is 2.16. The molecule has 0 amide bonds. The topological polar surface area (TPSA) is 21.1 Å². The van der Waals surface area contributed by atoms with E-state index in [-0.39, 0.29) is 0 Å². The zero-order valence-electron chi connectivity index (χ0n) is 16.7. The lowest BCUT2D eigenvalue weighted by Gasteiger charge is -2.19. The summed E-state index contributed by atoms with van der Waals surface area (Å²) in [5, 5.41) is 5.47. The van der Waals surface area contributed by atoms with E-state index < -0.39 is 0 Å². The third-order valence-corrected chi connectivity index (χ3v) is 6.58. The predicted molar refractivity (Wildman–Crippen MR) is 141 cm³/mol. The summed E-state index contributed by atoms with van der Waals surface area (Å²) in [5.41, 5.74) is 4.81. The van der Waals surface area contributed by atoms with Crippen LogP contribution in [-0.4, -0.2) is 20.6 Å². The van der Waals surface area contributed by atoms with E-state index in [0.29, 0.717) is 14.8 Å². The molecule has 0 bridgehead atoms. The van der Waals surface area contributed by atoms with E-state index in [2.05, 4.69) is 61.2 Å². The lowest BCUT2D eigenvalue weighted by atomic mass is 10.0. The lowest BCUT2D eigenvalue weighted by molar-refractivity contribution is 0.845. The maximum absolute atomic E-state index is 5.54. The molecule has 3 nitrogen and oxygen atoms in total. The van der Waals surface area contributed by atoms with Gasteiger partial charge in [0, 0.05) is 6.54 Å². The maximum atomic E-state index is 5.54. The molecule has 0 unspecified atom stereocenters. The third-order valence-electron chi connectivity index (χ3n) is 4.87. The molecule has 0 saturated heterocycles. The minimum atomic E-state index is 0.490. The van der Waals surface area contributed by atoms with Crippen molar-refractivity contribution in [3.8, 4) is 5.69 Å². The number of hydrogen-bond acceptors (Lipinski definition) is 4. The van der Waals surface area contributed by atoms with Crippen molar-refractivity contribution in [3.05, 3.63) is 106 Å². The SMILES string of the molecule is S=C(S)N(CCc1cccc(Cc2ccccc2)c1)c1nn(-c2ccccc2)c(=S)s1. The summed E-state index contributed by atoms with van der Waals surface area (Å²) in [7, 11) is 0. The van der Waals surface area contributed by atoms with E-state index in [1.807, 2.05) is 41.3 Å². The summed E-state index contributed by atoms with van der Waals surface area (Å²) >= 11 is 16.8. The fourth-order valence-corrected chi connectivity index (χ4v) is 5.02. The first-order valence-electron chi connectivity index (χ1n) is 9.88. The molecule has 0 saturated carbocycles. The Balaban J connectivity index is 1.49. The van der Waals surface area contributed by atoms with Crippen LogP contribution in [-0.2, 0) is 12.8 Å². The number of benzene rings is 3. The van der Waals surface area contributed by atoms with Gasteiger partial charge in [0.15, 0.2) is 3.95 Å². The molecule has 156 valence electrons. The second kappa shape index (κ2) is 10.3. The van der Waals surface area contributed by atoms with E-state index >= 15 is 0 Å². The van der Waals surface area contributed by atoms with Crippen LogP contribution in [0, 0.1) is 3.95 Å². The monoisotopic (exact) mass is 479 g/mol. The number of aromatic nitrogens is 2. The summed E-state index contributed by atoms with van der Waals surface area (Å²) in [6.07, 6.45) is 1.76. The molecule has 4 aromatic rings. The van der Waals surface area contributed by atoms with Crippen molar-refractivity contribution in [2.45, 2.75) is 12.8 Å². The van der Waals surface area contributed by atoms with Gasteiger partial charge in [0.1, 0.15) is 4.32 Å². The van der Waals surface area contributed by atoms with Crippen LogP contribution in [0.2, 0.25) is 0 Å².